The normalized spacial score (nSPS) is 13.7. The van der Waals surface area contributed by atoms with Crippen LogP contribution in [-0.4, -0.2) is 18.0 Å². The quantitative estimate of drug-likeness (QED) is 0.759. The second kappa shape index (κ2) is 5.80. The van der Waals surface area contributed by atoms with Crippen molar-refractivity contribution in [2.75, 3.05) is 7.11 Å². The van der Waals surface area contributed by atoms with Gasteiger partial charge in [-0.15, -0.1) is 0 Å². The number of rotatable bonds is 5. The summed E-state index contributed by atoms with van der Waals surface area (Å²) in [5.74, 6) is 0.429. The SMILES string of the molecule is COc1cc(C(C)(CC(N)=O)c2ccccc2)cc2cc[nH]c12. The van der Waals surface area contributed by atoms with Crippen LogP contribution in [0, 0.1) is 0 Å². The molecule has 1 unspecified atom stereocenters. The van der Waals surface area contributed by atoms with Gasteiger partial charge in [0.25, 0.3) is 0 Å². The summed E-state index contributed by atoms with van der Waals surface area (Å²) >= 11 is 0. The summed E-state index contributed by atoms with van der Waals surface area (Å²) in [6.45, 7) is 2.04. The number of carbonyl (C=O) groups excluding carboxylic acids is 1. The van der Waals surface area contributed by atoms with Crippen LogP contribution in [0.25, 0.3) is 10.9 Å². The summed E-state index contributed by atoms with van der Waals surface area (Å²) in [6.07, 6.45) is 2.11. The highest BCUT2D eigenvalue weighted by atomic mass is 16.5. The zero-order valence-electron chi connectivity index (χ0n) is 13.3. The van der Waals surface area contributed by atoms with Gasteiger partial charge in [-0.25, -0.2) is 0 Å². The van der Waals surface area contributed by atoms with Gasteiger partial charge in [-0.1, -0.05) is 37.3 Å². The van der Waals surface area contributed by atoms with Gasteiger partial charge in [0.1, 0.15) is 5.75 Å². The molecule has 0 aliphatic heterocycles. The van der Waals surface area contributed by atoms with Crippen molar-refractivity contribution in [1.29, 1.82) is 0 Å². The number of ether oxygens (including phenoxy) is 1. The van der Waals surface area contributed by atoms with Crippen molar-refractivity contribution in [2.24, 2.45) is 5.73 Å². The predicted molar refractivity (Wildman–Crippen MR) is 91.6 cm³/mol. The van der Waals surface area contributed by atoms with E-state index in [4.69, 9.17) is 10.5 Å². The Kier molecular flexibility index (Phi) is 3.82. The highest BCUT2D eigenvalue weighted by Crippen LogP contribution is 2.39. The van der Waals surface area contributed by atoms with Gasteiger partial charge in [-0.05, 0) is 29.3 Å². The van der Waals surface area contributed by atoms with Crippen LogP contribution in [0.5, 0.6) is 5.75 Å². The lowest BCUT2D eigenvalue weighted by Gasteiger charge is -2.30. The molecule has 0 aliphatic carbocycles. The number of aromatic nitrogens is 1. The molecule has 0 aliphatic rings. The van der Waals surface area contributed by atoms with Crippen molar-refractivity contribution < 1.29 is 9.53 Å². The standard InChI is InChI=1S/C19H20N2O2/c1-19(12-17(20)22,14-6-4-3-5-7-14)15-10-13-8-9-21-18(13)16(11-15)23-2/h3-11,21H,12H2,1-2H3,(H2,20,22). The molecule has 1 amide bonds. The van der Waals surface area contributed by atoms with Gasteiger partial charge in [0.2, 0.25) is 5.91 Å². The number of fused-ring (bicyclic) bond motifs is 1. The third-order valence-corrected chi connectivity index (χ3v) is 4.42. The molecule has 0 fully saturated rings. The number of benzene rings is 2. The van der Waals surface area contributed by atoms with E-state index >= 15 is 0 Å². The molecule has 3 N–H and O–H groups in total. The van der Waals surface area contributed by atoms with Crippen molar-refractivity contribution in [3.8, 4) is 5.75 Å². The summed E-state index contributed by atoms with van der Waals surface area (Å²) in [4.78, 5) is 14.9. The van der Waals surface area contributed by atoms with Crippen LogP contribution in [0.4, 0.5) is 0 Å². The molecule has 23 heavy (non-hydrogen) atoms. The number of primary amides is 1. The monoisotopic (exact) mass is 308 g/mol. The summed E-state index contributed by atoms with van der Waals surface area (Å²) < 4.78 is 5.52. The summed E-state index contributed by atoms with van der Waals surface area (Å²) in [7, 11) is 1.65. The van der Waals surface area contributed by atoms with Crippen LogP contribution in [-0.2, 0) is 10.2 Å². The number of hydrogen-bond acceptors (Lipinski definition) is 2. The molecular weight excluding hydrogens is 288 g/mol. The van der Waals surface area contributed by atoms with Gasteiger partial charge >= 0.3 is 0 Å². The largest absolute Gasteiger partial charge is 0.495 e. The van der Waals surface area contributed by atoms with Crippen LogP contribution >= 0.6 is 0 Å². The lowest BCUT2D eigenvalue weighted by atomic mass is 9.73. The zero-order chi connectivity index (χ0) is 16.4. The molecule has 0 spiro atoms. The fraction of sp³-hybridized carbons (Fsp3) is 0.211. The van der Waals surface area contributed by atoms with E-state index in [-0.39, 0.29) is 12.3 Å². The maximum Gasteiger partial charge on any atom is 0.218 e. The molecule has 3 aromatic rings. The number of nitrogens with two attached hydrogens (primary N) is 1. The third-order valence-electron chi connectivity index (χ3n) is 4.42. The predicted octanol–water partition coefficient (Wildman–Crippen LogP) is 3.36. The smallest absolute Gasteiger partial charge is 0.218 e. The van der Waals surface area contributed by atoms with Crippen molar-refractivity contribution in [3.63, 3.8) is 0 Å². The molecule has 4 nitrogen and oxygen atoms in total. The molecule has 0 saturated carbocycles. The Morgan fingerprint density at radius 3 is 2.57 bits per heavy atom. The Morgan fingerprint density at radius 2 is 1.91 bits per heavy atom. The van der Waals surface area contributed by atoms with Gasteiger partial charge < -0.3 is 15.5 Å². The Hall–Kier alpha value is -2.75. The number of nitrogens with one attached hydrogen (secondary N) is 1. The van der Waals surface area contributed by atoms with Crippen LogP contribution < -0.4 is 10.5 Å². The topological polar surface area (TPSA) is 68.1 Å². The van der Waals surface area contributed by atoms with Crippen LogP contribution in [0.2, 0.25) is 0 Å². The van der Waals surface area contributed by atoms with E-state index in [2.05, 4.69) is 11.1 Å². The van der Waals surface area contributed by atoms with Gasteiger partial charge in [0.15, 0.2) is 0 Å². The first-order chi connectivity index (χ1) is 11.0. The number of methoxy groups -OCH3 is 1. The van der Waals surface area contributed by atoms with Gasteiger partial charge in [-0.3, -0.25) is 4.79 Å². The van der Waals surface area contributed by atoms with Crippen LogP contribution in [0.15, 0.2) is 54.7 Å². The maximum atomic E-state index is 11.7. The van der Waals surface area contributed by atoms with Gasteiger partial charge in [0.05, 0.1) is 12.6 Å². The molecule has 0 radical (unpaired) electrons. The van der Waals surface area contributed by atoms with E-state index in [1.807, 2.05) is 55.6 Å². The third kappa shape index (κ3) is 2.68. The van der Waals surface area contributed by atoms with Gasteiger partial charge in [0, 0.05) is 23.4 Å². The average molecular weight is 308 g/mol. The first-order valence-electron chi connectivity index (χ1n) is 7.54. The fourth-order valence-corrected chi connectivity index (χ4v) is 3.14. The van der Waals surface area contributed by atoms with E-state index in [0.717, 1.165) is 27.8 Å². The minimum absolute atomic E-state index is 0.232. The molecule has 1 atom stereocenters. The highest BCUT2D eigenvalue weighted by molar-refractivity contribution is 5.87. The van der Waals surface area contributed by atoms with Crippen molar-refractivity contribution >= 4 is 16.8 Å². The molecular formula is C19H20N2O2. The Balaban J connectivity index is 2.23. The van der Waals surface area contributed by atoms with Crippen molar-refractivity contribution in [1.82, 2.24) is 4.98 Å². The fourth-order valence-electron chi connectivity index (χ4n) is 3.14. The van der Waals surface area contributed by atoms with E-state index in [0.29, 0.717) is 0 Å². The van der Waals surface area contributed by atoms with E-state index in [1.54, 1.807) is 7.11 Å². The number of amides is 1. The van der Waals surface area contributed by atoms with Crippen molar-refractivity contribution in [3.05, 3.63) is 65.9 Å². The Labute approximate surface area is 135 Å². The maximum absolute atomic E-state index is 11.7. The van der Waals surface area contributed by atoms with E-state index in [1.165, 1.54) is 0 Å². The second-order valence-corrected chi connectivity index (χ2v) is 5.96. The van der Waals surface area contributed by atoms with E-state index < -0.39 is 5.41 Å². The highest BCUT2D eigenvalue weighted by Gasteiger charge is 2.32. The lowest BCUT2D eigenvalue weighted by molar-refractivity contribution is -0.118. The van der Waals surface area contributed by atoms with Gasteiger partial charge in [-0.2, -0.15) is 0 Å². The van der Waals surface area contributed by atoms with E-state index in [9.17, 15) is 4.79 Å². The van der Waals surface area contributed by atoms with Crippen LogP contribution in [0.3, 0.4) is 0 Å². The summed E-state index contributed by atoms with van der Waals surface area (Å²) in [6, 6.07) is 16.0. The molecule has 3 rings (SSSR count). The first-order valence-corrected chi connectivity index (χ1v) is 7.54. The Bertz CT molecular complexity index is 839. The molecule has 0 saturated heterocycles. The minimum atomic E-state index is -0.508. The first kappa shape index (κ1) is 15.2. The van der Waals surface area contributed by atoms with Crippen LogP contribution in [0.1, 0.15) is 24.5 Å². The molecule has 2 aromatic carbocycles. The summed E-state index contributed by atoms with van der Waals surface area (Å²) in [5.41, 5.74) is 8.04. The molecule has 1 aromatic heterocycles. The molecule has 0 bridgehead atoms. The lowest BCUT2D eigenvalue weighted by Crippen LogP contribution is -2.30. The molecule has 1 heterocycles. The number of aromatic amines is 1. The number of carbonyl (C=O) groups is 1. The number of H-pyrrole nitrogens is 1. The Morgan fingerprint density at radius 1 is 1.17 bits per heavy atom. The second-order valence-electron chi connectivity index (χ2n) is 5.96. The number of hydrogen-bond donors (Lipinski definition) is 2. The molecule has 4 heteroatoms. The van der Waals surface area contributed by atoms with Crippen molar-refractivity contribution in [2.45, 2.75) is 18.8 Å². The molecule has 118 valence electrons. The zero-order valence-corrected chi connectivity index (χ0v) is 13.3. The summed E-state index contributed by atoms with van der Waals surface area (Å²) in [5, 5.41) is 1.05. The minimum Gasteiger partial charge on any atom is -0.495 e. The average Bonchev–Trinajstić information content (AvgIpc) is 3.02.